The highest BCUT2D eigenvalue weighted by molar-refractivity contribution is 7.92. The summed E-state index contributed by atoms with van der Waals surface area (Å²) in [6, 6.07) is 11.2. The van der Waals surface area contributed by atoms with Gasteiger partial charge in [-0.2, -0.15) is 5.26 Å². The smallest absolute Gasteiger partial charge is 0.263 e. The van der Waals surface area contributed by atoms with Crippen molar-refractivity contribution in [3.8, 4) is 6.07 Å². The molecule has 0 bridgehead atoms. The molecule has 0 heterocycles. The van der Waals surface area contributed by atoms with Gasteiger partial charge in [0.2, 0.25) is 0 Å². The lowest BCUT2D eigenvalue weighted by Gasteiger charge is -2.11. The van der Waals surface area contributed by atoms with Crippen LogP contribution in [0.5, 0.6) is 0 Å². The van der Waals surface area contributed by atoms with E-state index in [0.717, 1.165) is 6.07 Å². The molecule has 0 atom stereocenters. The zero-order valence-corrected chi connectivity index (χ0v) is 11.5. The summed E-state index contributed by atoms with van der Waals surface area (Å²) in [5.74, 6) is -0.796. The molecule has 0 aliphatic heterocycles. The Morgan fingerprint density at radius 3 is 2.50 bits per heavy atom. The Morgan fingerprint density at radius 2 is 1.85 bits per heavy atom. The largest absolute Gasteiger partial charge is 0.275 e. The highest BCUT2D eigenvalue weighted by Crippen LogP contribution is 2.28. The molecule has 2 rings (SSSR count). The van der Waals surface area contributed by atoms with Crippen LogP contribution in [0.2, 0.25) is 5.02 Å². The minimum Gasteiger partial charge on any atom is -0.275 e. The van der Waals surface area contributed by atoms with Gasteiger partial charge < -0.3 is 0 Å². The van der Waals surface area contributed by atoms with Gasteiger partial charge in [-0.1, -0.05) is 29.8 Å². The second kappa shape index (κ2) is 5.49. The van der Waals surface area contributed by atoms with E-state index in [2.05, 4.69) is 4.72 Å². The molecule has 0 aromatic heterocycles. The van der Waals surface area contributed by atoms with Crippen molar-refractivity contribution in [3.63, 3.8) is 0 Å². The summed E-state index contributed by atoms with van der Waals surface area (Å²) in [6.07, 6.45) is 0. The molecule has 2 aromatic carbocycles. The summed E-state index contributed by atoms with van der Waals surface area (Å²) in [4.78, 5) is -0.234. The molecule has 0 spiro atoms. The molecule has 0 aliphatic rings. The zero-order chi connectivity index (χ0) is 14.8. The van der Waals surface area contributed by atoms with Crippen molar-refractivity contribution in [2.24, 2.45) is 0 Å². The standard InChI is InChI=1S/C13H8ClFN2O2S/c14-10-5-3-6-11(15)13(10)17-20(18,19)12-7-2-1-4-9(12)8-16/h1-7,17H. The van der Waals surface area contributed by atoms with Crippen LogP contribution < -0.4 is 4.72 Å². The first-order chi connectivity index (χ1) is 9.45. The van der Waals surface area contributed by atoms with E-state index in [1.165, 1.54) is 36.4 Å². The number of nitrogens with zero attached hydrogens (tertiary/aromatic N) is 1. The molecule has 1 N–H and O–H groups in total. The van der Waals surface area contributed by atoms with Crippen LogP contribution in [0, 0.1) is 17.1 Å². The van der Waals surface area contributed by atoms with Crippen LogP contribution in [0.1, 0.15) is 5.56 Å². The van der Waals surface area contributed by atoms with Gasteiger partial charge in [-0.15, -0.1) is 0 Å². The maximum absolute atomic E-state index is 13.6. The Bertz CT molecular complexity index is 780. The van der Waals surface area contributed by atoms with E-state index in [1.807, 2.05) is 0 Å². The third-order valence-corrected chi connectivity index (χ3v) is 4.22. The number of nitrogens with one attached hydrogen (secondary N) is 1. The molecule has 102 valence electrons. The molecule has 4 nitrogen and oxygen atoms in total. The second-order valence-corrected chi connectivity index (χ2v) is 5.87. The third kappa shape index (κ3) is 2.74. The van der Waals surface area contributed by atoms with Crippen molar-refractivity contribution in [2.45, 2.75) is 4.90 Å². The van der Waals surface area contributed by atoms with Crippen molar-refractivity contribution in [3.05, 3.63) is 58.9 Å². The lowest BCUT2D eigenvalue weighted by Crippen LogP contribution is -2.15. The monoisotopic (exact) mass is 310 g/mol. The summed E-state index contributed by atoms with van der Waals surface area (Å²) in [5, 5.41) is 8.85. The highest BCUT2D eigenvalue weighted by atomic mass is 35.5. The van der Waals surface area contributed by atoms with E-state index in [9.17, 15) is 12.8 Å². The Kier molecular flexibility index (Phi) is 3.93. The van der Waals surface area contributed by atoms with Crippen LogP contribution >= 0.6 is 11.6 Å². The predicted molar refractivity (Wildman–Crippen MR) is 73.4 cm³/mol. The maximum atomic E-state index is 13.6. The molecule has 0 unspecified atom stereocenters. The van der Waals surface area contributed by atoms with E-state index in [1.54, 1.807) is 6.07 Å². The zero-order valence-electron chi connectivity index (χ0n) is 9.97. The summed E-state index contributed by atoms with van der Waals surface area (Å²) >= 11 is 5.76. The van der Waals surface area contributed by atoms with Gasteiger partial charge in [0, 0.05) is 0 Å². The molecule has 7 heteroatoms. The minimum atomic E-state index is -4.10. The van der Waals surface area contributed by atoms with Gasteiger partial charge in [-0.3, -0.25) is 4.72 Å². The van der Waals surface area contributed by atoms with Crippen LogP contribution in [0.3, 0.4) is 0 Å². The molecule has 0 aliphatic carbocycles. The first-order valence-electron chi connectivity index (χ1n) is 5.41. The summed E-state index contributed by atoms with van der Waals surface area (Å²) < 4.78 is 40.1. The molecular formula is C13H8ClFN2O2S. The van der Waals surface area contributed by atoms with Gasteiger partial charge in [0.05, 0.1) is 10.6 Å². The number of halogens is 2. The van der Waals surface area contributed by atoms with E-state index in [0.29, 0.717) is 0 Å². The minimum absolute atomic E-state index is 0.0348. The van der Waals surface area contributed by atoms with Gasteiger partial charge in [0.1, 0.15) is 22.5 Å². The Hall–Kier alpha value is -2.10. The molecule has 0 fully saturated rings. The van der Waals surface area contributed by atoms with Crippen molar-refractivity contribution >= 4 is 27.3 Å². The van der Waals surface area contributed by atoms with Crippen LogP contribution in [0.25, 0.3) is 0 Å². The lowest BCUT2D eigenvalue weighted by molar-refractivity contribution is 0.598. The molecule has 0 radical (unpaired) electrons. The van der Waals surface area contributed by atoms with Gasteiger partial charge in [0.15, 0.2) is 0 Å². The van der Waals surface area contributed by atoms with E-state index >= 15 is 0 Å². The fourth-order valence-electron chi connectivity index (χ4n) is 1.58. The molecule has 2 aromatic rings. The fourth-order valence-corrected chi connectivity index (χ4v) is 3.09. The first kappa shape index (κ1) is 14.3. The van der Waals surface area contributed by atoms with Crippen molar-refractivity contribution < 1.29 is 12.8 Å². The van der Waals surface area contributed by atoms with Gasteiger partial charge in [-0.25, -0.2) is 12.8 Å². The van der Waals surface area contributed by atoms with Gasteiger partial charge in [0.25, 0.3) is 10.0 Å². The number of rotatable bonds is 3. The average Bonchev–Trinajstić information content (AvgIpc) is 2.43. The summed E-state index contributed by atoms with van der Waals surface area (Å²) in [7, 11) is -4.10. The molecule has 0 saturated carbocycles. The molecule has 20 heavy (non-hydrogen) atoms. The Balaban J connectivity index is 2.50. The van der Waals surface area contributed by atoms with Crippen molar-refractivity contribution in [1.82, 2.24) is 0 Å². The van der Waals surface area contributed by atoms with E-state index in [4.69, 9.17) is 16.9 Å². The van der Waals surface area contributed by atoms with Gasteiger partial charge in [-0.05, 0) is 24.3 Å². The number of benzene rings is 2. The lowest BCUT2D eigenvalue weighted by atomic mass is 10.2. The van der Waals surface area contributed by atoms with Crippen LogP contribution in [-0.2, 0) is 10.0 Å². The van der Waals surface area contributed by atoms with Crippen LogP contribution in [-0.4, -0.2) is 8.42 Å². The number of hydrogen-bond donors (Lipinski definition) is 1. The quantitative estimate of drug-likeness (QED) is 0.946. The van der Waals surface area contributed by atoms with E-state index in [-0.39, 0.29) is 21.2 Å². The number of hydrogen-bond acceptors (Lipinski definition) is 3. The number of nitriles is 1. The topological polar surface area (TPSA) is 70.0 Å². The third-order valence-electron chi connectivity index (χ3n) is 2.50. The van der Waals surface area contributed by atoms with Gasteiger partial charge >= 0.3 is 0 Å². The predicted octanol–water partition coefficient (Wildman–Crippen LogP) is 3.15. The Labute approximate surface area is 120 Å². The number of sulfonamides is 1. The normalized spacial score (nSPS) is 10.8. The average molecular weight is 311 g/mol. The molecule has 0 saturated heterocycles. The van der Waals surface area contributed by atoms with E-state index < -0.39 is 15.8 Å². The fraction of sp³-hybridized carbons (Fsp3) is 0. The first-order valence-corrected chi connectivity index (χ1v) is 7.28. The van der Waals surface area contributed by atoms with Crippen LogP contribution in [0.4, 0.5) is 10.1 Å². The summed E-state index contributed by atoms with van der Waals surface area (Å²) in [6.45, 7) is 0. The van der Waals surface area contributed by atoms with Crippen molar-refractivity contribution in [2.75, 3.05) is 4.72 Å². The molecular weight excluding hydrogens is 303 g/mol. The Morgan fingerprint density at radius 1 is 1.15 bits per heavy atom. The van der Waals surface area contributed by atoms with Crippen molar-refractivity contribution in [1.29, 1.82) is 5.26 Å². The maximum Gasteiger partial charge on any atom is 0.263 e. The number of anilines is 1. The second-order valence-electron chi connectivity index (χ2n) is 3.81. The number of para-hydroxylation sites is 1. The highest BCUT2D eigenvalue weighted by Gasteiger charge is 2.21. The summed E-state index contributed by atoms with van der Waals surface area (Å²) in [5.41, 5.74) is -0.380. The SMILES string of the molecule is N#Cc1ccccc1S(=O)(=O)Nc1c(F)cccc1Cl. The van der Waals surface area contributed by atoms with Crippen LogP contribution in [0.15, 0.2) is 47.4 Å². The molecule has 0 amide bonds.